The van der Waals surface area contributed by atoms with Crippen molar-refractivity contribution in [2.24, 2.45) is 5.92 Å². The van der Waals surface area contributed by atoms with E-state index in [4.69, 9.17) is 19.2 Å². The van der Waals surface area contributed by atoms with Crippen molar-refractivity contribution < 1.29 is 33.4 Å². The summed E-state index contributed by atoms with van der Waals surface area (Å²) in [6, 6.07) is 11.7. The zero-order chi connectivity index (χ0) is 37.6. The highest BCUT2D eigenvalue weighted by Crippen LogP contribution is 2.28. The van der Waals surface area contributed by atoms with Gasteiger partial charge in [0.1, 0.15) is 24.2 Å². The zero-order valence-corrected chi connectivity index (χ0v) is 31.2. The third-order valence-corrected chi connectivity index (χ3v) is 9.30. The van der Waals surface area contributed by atoms with Gasteiger partial charge >= 0.3 is 0 Å². The number of nitrogens with zero attached hydrogens (tertiary/aromatic N) is 4. The average molecular weight is 720 g/mol. The van der Waals surface area contributed by atoms with E-state index in [0.29, 0.717) is 81.3 Å². The molecule has 0 bridgehead atoms. The highest BCUT2D eigenvalue weighted by molar-refractivity contribution is 5.88. The number of fused-ring (bicyclic) bond motifs is 1. The minimum absolute atomic E-state index is 0.0305. The van der Waals surface area contributed by atoms with E-state index >= 15 is 0 Å². The van der Waals surface area contributed by atoms with E-state index in [1.807, 2.05) is 50.2 Å². The van der Waals surface area contributed by atoms with Crippen LogP contribution in [-0.4, -0.2) is 90.3 Å². The molecule has 4 amide bonds. The lowest BCUT2D eigenvalue weighted by Gasteiger charge is -2.26. The van der Waals surface area contributed by atoms with Crippen LogP contribution in [0.25, 0.3) is 0 Å². The summed E-state index contributed by atoms with van der Waals surface area (Å²) in [7, 11) is 4.74. The molecular formula is C38H53N7O7. The fraction of sp³-hybridized carbons (Fsp3) is 0.526. The summed E-state index contributed by atoms with van der Waals surface area (Å²) in [6.07, 6.45) is 3.00. The second-order valence-corrected chi connectivity index (χ2v) is 13.1. The molecule has 52 heavy (non-hydrogen) atoms. The molecule has 1 aliphatic rings. The Bertz CT molecular complexity index is 1660. The summed E-state index contributed by atoms with van der Waals surface area (Å²) in [5.41, 5.74) is 1.89. The smallest absolute Gasteiger partial charge is 0.243 e. The number of aromatic nitrogens is 3. The van der Waals surface area contributed by atoms with Gasteiger partial charge in [0, 0.05) is 38.9 Å². The molecule has 1 aliphatic heterocycles. The van der Waals surface area contributed by atoms with Crippen molar-refractivity contribution in [3.05, 3.63) is 65.2 Å². The molecule has 0 spiro atoms. The molecule has 3 N–H and O–H groups in total. The third kappa shape index (κ3) is 11.2. The third-order valence-electron chi connectivity index (χ3n) is 9.30. The van der Waals surface area contributed by atoms with Crippen LogP contribution in [0.15, 0.2) is 42.5 Å². The first-order valence-corrected chi connectivity index (χ1v) is 18.0. The first-order valence-electron chi connectivity index (χ1n) is 18.0. The number of carbonyl (C=O) groups is 4. The second-order valence-electron chi connectivity index (χ2n) is 13.1. The minimum Gasteiger partial charge on any atom is -0.497 e. The Hall–Kier alpha value is -5.14. The van der Waals surface area contributed by atoms with E-state index in [9.17, 15) is 19.2 Å². The molecule has 2 heterocycles. The molecule has 14 heteroatoms. The maximum absolute atomic E-state index is 13.7. The molecule has 3 aromatic rings. The lowest BCUT2D eigenvalue weighted by Crippen LogP contribution is -2.51. The SMILES string of the molecule is CC[C@H](C)[C@@H]1NC(=O)CCCN(C(=O)CCc2ccc(OC)cc2)CCCNC(=O)Cn2nc(Cc3ccc(OC)c(OC)c3)nc2[C@@H](C)NC1=O. The molecule has 0 aliphatic carbocycles. The molecule has 1 aromatic heterocycles. The molecule has 0 fully saturated rings. The van der Waals surface area contributed by atoms with Gasteiger partial charge in [0.2, 0.25) is 23.6 Å². The number of ether oxygens (including phenoxy) is 3. The predicted molar refractivity (Wildman–Crippen MR) is 195 cm³/mol. The van der Waals surface area contributed by atoms with Crippen LogP contribution in [0.1, 0.15) is 81.7 Å². The van der Waals surface area contributed by atoms with Gasteiger partial charge in [-0.25, -0.2) is 9.67 Å². The van der Waals surface area contributed by atoms with Crippen LogP contribution in [0.3, 0.4) is 0 Å². The molecule has 0 saturated carbocycles. The van der Waals surface area contributed by atoms with Gasteiger partial charge in [0.15, 0.2) is 17.3 Å². The highest BCUT2D eigenvalue weighted by Gasteiger charge is 2.29. The molecule has 282 valence electrons. The highest BCUT2D eigenvalue weighted by atomic mass is 16.5. The summed E-state index contributed by atoms with van der Waals surface area (Å²) in [4.78, 5) is 60.0. The number of hydrogen-bond acceptors (Lipinski definition) is 9. The van der Waals surface area contributed by atoms with Crippen LogP contribution >= 0.6 is 0 Å². The molecule has 0 unspecified atom stereocenters. The molecule has 4 rings (SSSR count). The van der Waals surface area contributed by atoms with Gasteiger partial charge in [0.25, 0.3) is 0 Å². The Morgan fingerprint density at radius 3 is 2.33 bits per heavy atom. The number of nitrogens with one attached hydrogen (secondary N) is 3. The van der Waals surface area contributed by atoms with Crippen LogP contribution in [-0.2, 0) is 38.6 Å². The number of aryl methyl sites for hydroxylation is 1. The van der Waals surface area contributed by atoms with Gasteiger partial charge in [-0.05, 0) is 67.5 Å². The Labute approximate surface area is 306 Å². The van der Waals surface area contributed by atoms with Crippen LogP contribution in [0.5, 0.6) is 17.2 Å². The fourth-order valence-electron chi connectivity index (χ4n) is 6.09. The van der Waals surface area contributed by atoms with Crippen LogP contribution in [0, 0.1) is 5.92 Å². The topological polar surface area (TPSA) is 166 Å². The molecule has 2 aromatic carbocycles. The zero-order valence-electron chi connectivity index (χ0n) is 31.2. The van der Waals surface area contributed by atoms with Gasteiger partial charge in [0.05, 0.1) is 27.4 Å². The van der Waals surface area contributed by atoms with Gasteiger partial charge in [-0.1, -0.05) is 38.5 Å². The number of methoxy groups -OCH3 is 3. The van der Waals surface area contributed by atoms with E-state index in [1.54, 1.807) is 39.2 Å². The lowest BCUT2D eigenvalue weighted by atomic mass is 9.97. The number of benzene rings is 2. The lowest BCUT2D eigenvalue weighted by molar-refractivity contribution is -0.132. The standard InChI is InChI=1S/C38H53N7O7/c1-7-25(2)36-38(49)40-26(3)37-41-32(23-28-13-17-30(51-5)31(22-28)52-6)43-45(37)24-34(47)39-19-9-21-44(20-8-10-33(46)42-36)35(48)18-14-27-11-15-29(50-4)16-12-27/h11-13,15-17,22,25-26,36H,7-10,14,18-21,23-24H2,1-6H3,(H,39,47)(H,40,49)(H,42,46)/t25-,26+,36-/m0/s1. The average Bonchev–Trinajstić information content (AvgIpc) is 3.54. The maximum Gasteiger partial charge on any atom is 0.243 e. The van der Waals surface area contributed by atoms with E-state index < -0.39 is 12.1 Å². The first kappa shape index (κ1) is 39.6. The van der Waals surface area contributed by atoms with Gasteiger partial charge in [-0.15, -0.1) is 0 Å². The number of amides is 4. The molecular weight excluding hydrogens is 666 g/mol. The van der Waals surface area contributed by atoms with Crippen molar-refractivity contribution in [2.45, 2.75) is 84.3 Å². The monoisotopic (exact) mass is 719 g/mol. The number of carbonyl (C=O) groups excluding carboxylic acids is 4. The van der Waals surface area contributed by atoms with Gasteiger partial charge in [-0.2, -0.15) is 5.10 Å². The largest absolute Gasteiger partial charge is 0.497 e. The molecule has 0 saturated heterocycles. The van der Waals surface area contributed by atoms with Crippen molar-refractivity contribution in [1.82, 2.24) is 35.6 Å². The molecule has 14 nitrogen and oxygen atoms in total. The van der Waals surface area contributed by atoms with Crippen LogP contribution in [0.4, 0.5) is 0 Å². The summed E-state index contributed by atoms with van der Waals surface area (Å²) in [6.45, 7) is 6.68. The number of rotatable bonds is 10. The van der Waals surface area contributed by atoms with Crippen molar-refractivity contribution in [1.29, 1.82) is 0 Å². The van der Waals surface area contributed by atoms with Gasteiger partial charge < -0.3 is 35.1 Å². The first-order chi connectivity index (χ1) is 25.0. The Kier molecular flexibility index (Phi) is 14.8. The Morgan fingerprint density at radius 1 is 0.923 bits per heavy atom. The molecule has 0 radical (unpaired) electrons. The summed E-state index contributed by atoms with van der Waals surface area (Å²) >= 11 is 0. The van der Waals surface area contributed by atoms with Crippen molar-refractivity contribution in [3.8, 4) is 17.2 Å². The van der Waals surface area contributed by atoms with Crippen molar-refractivity contribution in [3.63, 3.8) is 0 Å². The van der Waals surface area contributed by atoms with E-state index in [-0.39, 0.29) is 42.5 Å². The summed E-state index contributed by atoms with van der Waals surface area (Å²) < 4.78 is 17.6. The summed E-state index contributed by atoms with van der Waals surface area (Å²) in [5.74, 6) is 1.71. The van der Waals surface area contributed by atoms with E-state index in [0.717, 1.165) is 16.9 Å². The van der Waals surface area contributed by atoms with E-state index in [1.165, 1.54) is 4.68 Å². The molecule has 3 atom stereocenters. The minimum atomic E-state index is -0.785. The fourth-order valence-corrected chi connectivity index (χ4v) is 6.09. The quantitative estimate of drug-likeness (QED) is 0.285. The van der Waals surface area contributed by atoms with Crippen LogP contribution < -0.4 is 30.2 Å². The van der Waals surface area contributed by atoms with Crippen LogP contribution in [0.2, 0.25) is 0 Å². The van der Waals surface area contributed by atoms with Crippen molar-refractivity contribution in [2.75, 3.05) is 41.0 Å². The Balaban J connectivity index is 1.54. The van der Waals surface area contributed by atoms with E-state index in [2.05, 4.69) is 21.0 Å². The summed E-state index contributed by atoms with van der Waals surface area (Å²) in [5, 5.41) is 13.5. The predicted octanol–water partition coefficient (Wildman–Crippen LogP) is 3.36. The van der Waals surface area contributed by atoms with Gasteiger partial charge in [-0.3, -0.25) is 19.2 Å². The second kappa shape index (κ2) is 19.5. The van der Waals surface area contributed by atoms with Crippen molar-refractivity contribution >= 4 is 23.6 Å². The maximum atomic E-state index is 13.7. The normalized spacial score (nSPS) is 18.5. The Morgan fingerprint density at radius 2 is 1.63 bits per heavy atom. The number of hydrogen-bond donors (Lipinski definition) is 3.